The van der Waals surface area contributed by atoms with Gasteiger partial charge in [0.05, 0.1) is 39.7 Å². The van der Waals surface area contributed by atoms with Crippen LogP contribution in [0.5, 0.6) is 23.0 Å². The first-order chi connectivity index (χ1) is 15.1. The number of fused-ring (bicyclic) bond motifs is 1. The van der Waals surface area contributed by atoms with Crippen molar-refractivity contribution in [3.8, 4) is 23.0 Å². The standard InChI is InChI=1S/C24H24N2O5/c1-28-15-12-13-19(21(14-15)30-3)26-23(17-9-7-11-20(29-2)22(17)31-4)25-18-10-6-5-8-16(18)24(26)27/h5-14,23,25H,1-4H3. The van der Waals surface area contributed by atoms with Gasteiger partial charge in [0.25, 0.3) is 5.91 Å². The summed E-state index contributed by atoms with van der Waals surface area (Å²) < 4.78 is 22.1. The fourth-order valence-electron chi connectivity index (χ4n) is 3.83. The molecule has 7 heteroatoms. The Balaban J connectivity index is 1.94. The summed E-state index contributed by atoms with van der Waals surface area (Å²) in [6.07, 6.45) is -0.560. The van der Waals surface area contributed by atoms with Gasteiger partial charge in [0.15, 0.2) is 11.5 Å². The summed E-state index contributed by atoms with van der Waals surface area (Å²) in [6.45, 7) is 0. The van der Waals surface area contributed by atoms with Gasteiger partial charge in [0.2, 0.25) is 0 Å². The summed E-state index contributed by atoms with van der Waals surface area (Å²) in [4.78, 5) is 15.4. The highest BCUT2D eigenvalue weighted by molar-refractivity contribution is 6.12. The largest absolute Gasteiger partial charge is 0.497 e. The van der Waals surface area contributed by atoms with Crippen molar-refractivity contribution >= 4 is 17.3 Å². The highest BCUT2D eigenvalue weighted by atomic mass is 16.5. The SMILES string of the molecule is COc1ccc(N2C(=O)c3ccccc3NC2c2cccc(OC)c2OC)c(OC)c1. The van der Waals surface area contributed by atoms with Gasteiger partial charge in [-0.3, -0.25) is 9.69 Å². The second-order valence-corrected chi connectivity index (χ2v) is 6.89. The molecule has 0 radical (unpaired) electrons. The minimum absolute atomic E-state index is 0.160. The Kier molecular flexibility index (Phi) is 5.58. The van der Waals surface area contributed by atoms with Crippen LogP contribution < -0.4 is 29.2 Å². The van der Waals surface area contributed by atoms with Crippen molar-refractivity contribution in [1.82, 2.24) is 0 Å². The van der Waals surface area contributed by atoms with Crippen LogP contribution in [0.1, 0.15) is 22.1 Å². The summed E-state index contributed by atoms with van der Waals surface area (Å²) in [5.41, 5.74) is 2.66. The van der Waals surface area contributed by atoms with E-state index in [-0.39, 0.29) is 5.91 Å². The Labute approximate surface area is 181 Å². The summed E-state index contributed by atoms with van der Waals surface area (Å²) in [6, 6.07) is 18.4. The molecule has 160 valence electrons. The van der Waals surface area contributed by atoms with E-state index in [1.54, 1.807) is 51.5 Å². The number of nitrogens with one attached hydrogen (secondary N) is 1. The molecule has 0 bridgehead atoms. The Morgan fingerprint density at radius 1 is 0.806 bits per heavy atom. The Morgan fingerprint density at radius 2 is 1.58 bits per heavy atom. The van der Waals surface area contributed by atoms with Gasteiger partial charge < -0.3 is 24.3 Å². The molecule has 0 fully saturated rings. The lowest BCUT2D eigenvalue weighted by molar-refractivity contribution is 0.0973. The van der Waals surface area contributed by atoms with E-state index in [0.717, 1.165) is 11.3 Å². The molecule has 1 unspecified atom stereocenters. The zero-order valence-electron chi connectivity index (χ0n) is 17.8. The molecule has 1 amide bonds. The van der Waals surface area contributed by atoms with Gasteiger partial charge in [-0.05, 0) is 30.3 Å². The van der Waals surface area contributed by atoms with E-state index in [9.17, 15) is 4.79 Å². The molecule has 0 aliphatic carbocycles. The summed E-state index contributed by atoms with van der Waals surface area (Å²) in [5, 5.41) is 3.48. The number of carbonyl (C=O) groups is 1. The summed E-state index contributed by atoms with van der Waals surface area (Å²) >= 11 is 0. The van der Waals surface area contributed by atoms with E-state index in [1.165, 1.54) is 0 Å². The highest BCUT2D eigenvalue weighted by Crippen LogP contribution is 2.45. The smallest absolute Gasteiger partial charge is 0.262 e. The number of benzene rings is 3. The molecule has 3 aromatic carbocycles. The molecule has 4 rings (SSSR count). The van der Waals surface area contributed by atoms with Crippen LogP contribution >= 0.6 is 0 Å². The first-order valence-electron chi connectivity index (χ1n) is 9.75. The number of para-hydroxylation sites is 2. The fourth-order valence-corrected chi connectivity index (χ4v) is 3.83. The molecule has 3 aromatic rings. The lowest BCUT2D eigenvalue weighted by Gasteiger charge is -2.39. The molecule has 0 spiro atoms. The average Bonchev–Trinajstić information content (AvgIpc) is 2.83. The second kappa shape index (κ2) is 8.47. The quantitative estimate of drug-likeness (QED) is 0.634. The molecule has 0 saturated heterocycles. The monoisotopic (exact) mass is 420 g/mol. The lowest BCUT2D eigenvalue weighted by atomic mass is 10.0. The average molecular weight is 420 g/mol. The lowest BCUT2D eigenvalue weighted by Crippen LogP contribution is -2.43. The van der Waals surface area contributed by atoms with Crippen molar-refractivity contribution in [2.24, 2.45) is 0 Å². The van der Waals surface area contributed by atoms with E-state index in [2.05, 4.69) is 5.32 Å². The number of hydrogen-bond donors (Lipinski definition) is 1. The van der Waals surface area contributed by atoms with Gasteiger partial charge in [0, 0.05) is 17.3 Å². The van der Waals surface area contributed by atoms with Gasteiger partial charge in [-0.25, -0.2) is 0 Å². The predicted molar refractivity (Wildman–Crippen MR) is 119 cm³/mol. The molecule has 1 aliphatic rings. The van der Waals surface area contributed by atoms with Crippen LogP contribution in [0.15, 0.2) is 60.7 Å². The first-order valence-corrected chi connectivity index (χ1v) is 9.75. The van der Waals surface area contributed by atoms with Crippen molar-refractivity contribution in [3.63, 3.8) is 0 Å². The zero-order valence-corrected chi connectivity index (χ0v) is 17.8. The van der Waals surface area contributed by atoms with Crippen LogP contribution in [0.25, 0.3) is 0 Å². The van der Waals surface area contributed by atoms with E-state index < -0.39 is 6.17 Å². The Morgan fingerprint density at radius 3 is 2.29 bits per heavy atom. The van der Waals surface area contributed by atoms with Crippen molar-refractivity contribution < 1.29 is 23.7 Å². The van der Waals surface area contributed by atoms with Crippen molar-refractivity contribution in [3.05, 3.63) is 71.8 Å². The molecule has 31 heavy (non-hydrogen) atoms. The van der Waals surface area contributed by atoms with Gasteiger partial charge in [-0.15, -0.1) is 0 Å². The molecule has 7 nitrogen and oxygen atoms in total. The summed E-state index contributed by atoms with van der Waals surface area (Å²) in [5.74, 6) is 2.12. The van der Waals surface area contributed by atoms with E-state index in [1.807, 2.05) is 42.5 Å². The van der Waals surface area contributed by atoms with Gasteiger partial charge >= 0.3 is 0 Å². The minimum Gasteiger partial charge on any atom is -0.497 e. The molecule has 1 heterocycles. The van der Waals surface area contributed by atoms with E-state index in [0.29, 0.717) is 34.2 Å². The van der Waals surface area contributed by atoms with Crippen molar-refractivity contribution in [1.29, 1.82) is 0 Å². The van der Waals surface area contributed by atoms with Crippen LogP contribution in [0.4, 0.5) is 11.4 Å². The Hall–Kier alpha value is -3.87. The van der Waals surface area contributed by atoms with E-state index in [4.69, 9.17) is 18.9 Å². The third-order valence-corrected chi connectivity index (χ3v) is 5.30. The third kappa shape index (κ3) is 3.48. The van der Waals surface area contributed by atoms with Gasteiger partial charge in [-0.2, -0.15) is 0 Å². The van der Waals surface area contributed by atoms with Crippen LogP contribution in [-0.4, -0.2) is 34.3 Å². The second-order valence-electron chi connectivity index (χ2n) is 6.89. The van der Waals surface area contributed by atoms with Gasteiger partial charge in [0.1, 0.15) is 17.7 Å². The number of methoxy groups -OCH3 is 4. The number of carbonyl (C=O) groups excluding carboxylic acids is 1. The number of anilines is 2. The minimum atomic E-state index is -0.560. The molecule has 1 atom stereocenters. The molecule has 1 N–H and O–H groups in total. The third-order valence-electron chi connectivity index (χ3n) is 5.30. The number of hydrogen-bond acceptors (Lipinski definition) is 6. The van der Waals surface area contributed by atoms with Gasteiger partial charge in [-0.1, -0.05) is 24.3 Å². The van der Waals surface area contributed by atoms with Crippen molar-refractivity contribution in [2.45, 2.75) is 6.17 Å². The predicted octanol–water partition coefficient (Wildman–Crippen LogP) is 4.49. The van der Waals surface area contributed by atoms with Crippen LogP contribution in [-0.2, 0) is 0 Å². The fraction of sp³-hybridized carbons (Fsp3) is 0.208. The number of rotatable bonds is 6. The van der Waals surface area contributed by atoms with Crippen LogP contribution in [0.3, 0.4) is 0 Å². The first kappa shape index (κ1) is 20.4. The number of amides is 1. The molecular weight excluding hydrogens is 396 g/mol. The Bertz CT molecular complexity index is 1110. The van der Waals surface area contributed by atoms with Crippen LogP contribution in [0.2, 0.25) is 0 Å². The molecule has 0 aromatic heterocycles. The highest BCUT2D eigenvalue weighted by Gasteiger charge is 2.37. The normalized spacial score (nSPS) is 15.0. The molecular formula is C24H24N2O5. The van der Waals surface area contributed by atoms with E-state index >= 15 is 0 Å². The maximum Gasteiger partial charge on any atom is 0.262 e. The molecule has 1 aliphatic heterocycles. The number of nitrogens with zero attached hydrogens (tertiary/aromatic N) is 1. The topological polar surface area (TPSA) is 69.3 Å². The molecule has 0 saturated carbocycles. The maximum atomic E-state index is 13.7. The van der Waals surface area contributed by atoms with Crippen molar-refractivity contribution in [2.75, 3.05) is 38.7 Å². The zero-order chi connectivity index (χ0) is 22.0. The summed E-state index contributed by atoms with van der Waals surface area (Å²) in [7, 11) is 6.32. The number of ether oxygens (including phenoxy) is 4. The van der Waals surface area contributed by atoms with Crippen LogP contribution in [0, 0.1) is 0 Å². The maximum absolute atomic E-state index is 13.7.